The van der Waals surface area contributed by atoms with Crippen molar-refractivity contribution in [3.63, 3.8) is 0 Å². The van der Waals surface area contributed by atoms with Crippen molar-refractivity contribution in [1.29, 1.82) is 0 Å². The Bertz CT molecular complexity index is 1180. The molecule has 1 saturated heterocycles. The number of aromatic nitrogens is 1. The number of nitrogens with one attached hydrogen (secondary N) is 1. The molecule has 5 rings (SSSR count). The van der Waals surface area contributed by atoms with Crippen molar-refractivity contribution >= 4 is 33.8 Å². The molecular formula is C25H20N2O2S. The number of amides is 2. The van der Waals surface area contributed by atoms with Gasteiger partial charge in [0, 0.05) is 17.1 Å². The van der Waals surface area contributed by atoms with E-state index in [0.717, 1.165) is 28.2 Å². The lowest BCUT2D eigenvalue weighted by atomic mass is 9.98. The molecule has 2 heterocycles. The van der Waals surface area contributed by atoms with Crippen molar-refractivity contribution in [1.82, 2.24) is 9.88 Å². The van der Waals surface area contributed by atoms with E-state index in [0.29, 0.717) is 6.42 Å². The molecule has 0 spiro atoms. The summed E-state index contributed by atoms with van der Waals surface area (Å²) in [5.41, 5.74) is 4.57. The number of imide groups is 1. The van der Waals surface area contributed by atoms with Gasteiger partial charge in [0.05, 0.1) is 11.3 Å². The number of hydrogen-bond donors (Lipinski definition) is 1. The lowest BCUT2D eigenvalue weighted by Gasteiger charge is -2.21. The van der Waals surface area contributed by atoms with Crippen molar-refractivity contribution in [2.24, 2.45) is 0 Å². The summed E-state index contributed by atoms with van der Waals surface area (Å²) in [7, 11) is 0. The predicted molar refractivity (Wildman–Crippen MR) is 121 cm³/mol. The van der Waals surface area contributed by atoms with E-state index in [4.69, 9.17) is 0 Å². The second-order valence-electron chi connectivity index (χ2n) is 7.39. The Morgan fingerprint density at radius 2 is 1.43 bits per heavy atom. The van der Waals surface area contributed by atoms with E-state index < -0.39 is 0 Å². The molecule has 4 aromatic rings. The number of benzene rings is 3. The molecule has 1 fully saturated rings. The first-order valence-electron chi connectivity index (χ1n) is 9.90. The highest BCUT2D eigenvalue weighted by atomic mass is 32.2. The minimum absolute atomic E-state index is 0.0118. The highest BCUT2D eigenvalue weighted by molar-refractivity contribution is 8.15. The van der Waals surface area contributed by atoms with E-state index in [-0.39, 0.29) is 22.4 Å². The van der Waals surface area contributed by atoms with Gasteiger partial charge in [-0.3, -0.25) is 14.9 Å². The zero-order valence-electron chi connectivity index (χ0n) is 16.2. The molecule has 1 aromatic heterocycles. The van der Waals surface area contributed by atoms with Gasteiger partial charge in [-0.15, -0.1) is 0 Å². The van der Waals surface area contributed by atoms with Gasteiger partial charge in [0.15, 0.2) is 0 Å². The average molecular weight is 413 g/mol. The van der Waals surface area contributed by atoms with Gasteiger partial charge in [-0.2, -0.15) is 0 Å². The summed E-state index contributed by atoms with van der Waals surface area (Å²) < 4.78 is 2.29. The van der Waals surface area contributed by atoms with Crippen LogP contribution in [0.25, 0.3) is 10.9 Å². The molecule has 0 bridgehead atoms. The molecule has 2 amide bonds. The van der Waals surface area contributed by atoms with Gasteiger partial charge in [-0.05, 0) is 29.2 Å². The van der Waals surface area contributed by atoms with E-state index in [9.17, 15) is 9.59 Å². The summed E-state index contributed by atoms with van der Waals surface area (Å²) in [4.78, 5) is 23.8. The van der Waals surface area contributed by atoms with E-state index in [1.165, 1.54) is 11.1 Å². The van der Waals surface area contributed by atoms with Gasteiger partial charge >= 0.3 is 0 Å². The number of thioether (sulfide) groups is 1. The number of para-hydroxylation sites is 1. The van der Waals surface area contributed by atoms with Crippen molar-refractivity contribution in [3.05, 3.63) is 108 Å². The standard InChI is InChI=1S/C25H20N2O2S/c28-24-22(30-25(29)26-24)15-19-16-27(21-14-8-7-13-20(19)21)23(17-9-3-1-4-10-17)18-11-5-2-6-12-18/h1-14,16,22-23H,15H2,(H,26,28,29). The molecule has 148 valence electrons. The van der Waals surface area contributed by atoms with E-state index in [1.54, 1.807) is 0 Å². The van der Waals surface area contributed by atoms with Crippen LogP contribution in [0.3, 0.4) is 0 Å². The highest BCUT2D eigenvalue weighted by Crippen LogP contribution is 2.34. The van der Waals surface area contributed by atoms with Gasteiger partial charge in [0.25, 0.3) is 5.24 Å². The van der Waals surface area contributed by atoms with Crippen LogP contribution in [0.5, 0.6) is 0 Å². The van der Waals surface area contributed by atoms with E-state index in [2.05, 4.69) is 76.7 Å². The Morgan fingerprint density at radius 1 is 0.833 bits per heavy atom. The van der Waals surface area contributed by atoms with Crippen molar-refractivity contribution in [2.75, 3.05) is 0 Å². The largest absolute Gasteiger partial charge is 0.336 e. The van der Waals surface area contributed by atoms with Crippen LogP contribution in [0.2, 0.25) is 0 Å². The van der Waals surface area contributed by atoms with Crippen molar-refractivity contribution in [2.45, 2.75) is 17.7 Å². The Hall–Kier alpha value is -3.31. The van der Waals surface area contributed by atoms with Gasteiger partial charge < -0.3 is 4.57 Å². The summed E-state index contributed by atoms with van der Waals surface area (Å²) in [6, 6.07) is 29.1. The van der Waals surface area contributed by atoms with E-state index in [1.807, 2.05) is 24.3 Å². The third-order valence-corrected chi connectivity index (χ3v) is 6.49. The molecule has 4 nitrogen and oxygen atoms in total. The summed E-state index contributed by atoms with van der Waals surface area (Å²) in [6.45, 7) is 0. The quantitative estimate of drug-likeness (QED) is 0.492. The number of rotatable bonds is 5. The van der Waals surface area contributed by atoms with Gasteiger partial charge in [0.1, 0.15) is 0 Å². The molecule has 1 N–H and O–H groups in total. The Morgan fingerprint density at radius 3 is 2.03 bits per heavy atom. The number of nitrogens with zero attached hydrogens (tertiary/aromatic N) is 1. The summed E-state index contributed by atoms with van der Waals surface area (Å²) in [5, 5.41) is 2.86. The zero-order valence-corrected chi connectivity index (χ0v) is 17.0. The average Bonchev–Trinajstić information content (AvgIpc) is 3.29. The van der Waals surface area contributed by atoms with Crippen LogP contribution in [-0.2, 0) is 11.2 Å². The molecular weight excluding hydrogens is 392 g/mol. The molecule has 30 heavy (non-hydrogen) atoms. The van der Waals surface area contributed by atoms with Crippen LogP contribution in [0.4, 0.5) is 4.79 Å². The molecule has 1 atom stereocenters. The maximum Gasteiger partial charge on any atom is 0.286 e. The first-order valence-corrected chi connectivity index (χ1v) is 10.8. The SMILES string of the molecule is O=C1NC(=O)C(Cc2cn(C(c3ccccc3)c3ccccc3)c3ccccc23)S1. The third kappa shape index (κ3) is 3.42. The smallest absolute Gasteiger partial charge is 0.286 e. The molecule has 3 aromatic carbocycles. The second kappa shape index (κ2) is 7.84. The topological polar surface area (TPSA) is 51.1 Å². The summed E-state index contributed by atoms with van der Waals surface area (Å²) in [5.74, 6) is -0.204. The van der Waals surface area contributed by atoms with Gasteiger partial charge in [0.2, 0.25) is 5.91 Å². The molecule has 5 heteroatoms. The fourth-order valence-electron chi connectivity index (χ4n) is 4.17. The molecule has 0 saturated carbocycles. The normalized spacial score (nSPS) is 16.4. The van der Waals surface area contributed by atoms with Crippen LogP contribution in [0, 0.1) is 0 Å². The lowest BCUT2D eigenvalue weighted by molar-refractivity contribution is -0.118. The first kappa shape index (κ1) is 18.7. The van der Waals surface area contributed by atoms with Crippen LogP contribution in [0.1, 0.15) is 22.7 Å². The summed E-state index contributed by atoms with van der Waals surface area (Å²) in [6.07, 6.45) is 2.66. The van der Waals surface area contributed by atoms with Crippen LogP contribution in [-0.4, -0.2) is 21.0 Å². The molecule has 1 unspecified atom stereocenters. The first-order chi connectivity index (χ1) is 14.7. The zero-order chi connectivity index (χ0) is 20.5. The third-order valence-electron chi connectivity index (χ3n) is 5.50. The molecule has 1 aliphatic heterocycles. The van der Waals surface area contributed by atoms with Gasteiger partial charge in [-0.25, -0.2) is 0 Å². The van der Waals surface area contributed by atoms with Crippen LogP contribution >= 0.6 is 11.8 Å². The second-order valence-corrected chi connectivity index (χ2v) is 8.57. The number of fused-ring (bicyclic) bond motifs is 1. The van der Waals surface area contributed by atoms with Crippen molar-refractivity contribution in [3.8, 4) is 0 Å². The Kier molecular flexibility index (Phi) is 4.89. The van der Waals surface area contributed by atoms with Crippen LogP contribution in [0.15, 0.2) is 91.1 Å². The molecule has 0 radical (unpaired) electrons. The number of carbonyl (C=O) groups excluding carboxylic acids is 2. The Balaban J connectivity index is 1.65. The lowest BCUT2D eigenvalue weighted by Crippen LogP contribution is -2.25. The fourth-order valence-corrected chi connectivity index (χ4v) is 5.01. The minimum atomic E-state index is -0.386. The van der Waals surface area contributed by atoms with Gasteiger partial charge in [-0.1, -0.05) is 90.6 Å². The molecule has 1 aliphatic rings. The van der Waals surface area contributed by atoms with Crippen molar-refractivity contribution < 1.29 is 9.59 Å². The highest BCUT2D eigenvalue weighted by Gasteiger charge is 2.32. The maximum atomic E-state index is 12.1. The Labute approximate surface area is 178 Å². The summed E-state index contributed by atoms with van der Waals surface area (Å²) >= 11 is 1.08. The maximum absolute atomic E-state index is 12.1. The fraction of sp³-hybridized carbons (Fsp3) is 0.120. The molecule has 0 aliphatic carbocycles. The number of carbonyl (C=O) groups is 2. The van der Waals surface area contributed by atoms with Crippen LogP contribution < -0.4 is 5.32 Å². The monoisotopic (exact) mass is 412 g/mol. The van der Waals surface area contributed by atoms with E-state index >= 15 is 0 Å². The predicted octanol–water partition coefficient (Wildman–Crippen LogP) is 5.17. The minimum Gasteiger partial charge on any atom is -0.336 e. The number of hydrogen-bond acceptors (Lipinski definition) is 3.